The van der Waals surface area contributed by atoms with E-state index in [0.29, 0.717) is 30.2 Å². The van der Waals surface area contributed by atoms with Crippen LogP contribution in [0.25, 0.3) is 0 Å². The Hall–Kier alpha value is -2.26. The number of hydrogen-bond acceptors (Lipinski definition) is 6. The Balaban J connectivity index is 1.59. The topological polar surface area (TPSA) is 75.6 Å². The summed E-state index contributed by atoms with van der Waals surface area (Å²) in [6.07, 6.45) is 0.317. The molecule has 140 valence electrons. The minimum absolute atomic E-state index is 0.155. The average Bonchev–Trinajstić information content (AvgIpc) is 3.07. The zero-order valence-electron chi connectivity index (χ0n) is 14.7. The summed E-state index contributed by atoms with van der Waals surface area (Å²) in [5.41, 5.74) is 0.556. The van der Waals surface area contributed by atoms with Gasteiger partial charge in [-0.3, -0.25) is 0 Å². The Kier molecular flexibility index (Phi) is 5.38. The molecule has 1 atom stereocenters. The van der Waals surface area contributed by atoms with Crippen molar-refractivity contribution in [2.45, 2.75) is 18.3 Å². The second-order valence-electron chi connectivity index (χ2n) is 6.39. The van der Waals surface area contributed by atoms with E-state index in [9.17, 15) is 12.8 Å². The lowest BCUT2D eigenvalue weighted by atomic mass is 10.2. The first-order chi connectivity index (χ1) is 12.3. The molecule has 1 saturated heterocycles. The molecule has 2 aromatic rings. The maximum absolute atomic E-state index is 13.0. The Morgan fingerprint density at radius 1 is 1.19 bits per heavy atom. The van der Waals surface area contributed by atoms with E-state index in [4.69, 9.17) is 4.74 Å². The molecule has 0 N–H and O–H groups in total. The van der Waals surface area contributed by atoms with Crippen LogP contribution in [-0.2, 0) is 15.8 Å². The van der Waals surface area contributed by atoms with Crippen molar-refractivity contribution in [2.75, 3.05) is 32.1 Å². The van der Waals surface area contributed by atoms with Crippen LogP contribution in [0.5, 0.6) is 5.88 Å². The van der Waals surface area contributed by atoms with E-state index in [0.717, 1.165) is 0 Å². The number of nitrogens with zero attached hydrogens (tertiary/aromatic N) is 4. The van der Waals surface area contributed by atoms with Gasteiger partial charge in [0.2, 0.25) is 15.9 Å². The number of hydrogen-bond donors (Lipinski definition) is 0. The molecule has 2 heterocycles. The van der Waals surface area contributed by atoms with Gasteiger partial charge in [-0.05, 0) is 30.2 Å². The van der Waals surface area contributed by atoms with E-state index in [-0.39, 0.29) is 24.2 Å². The summed E-state index contributed by atoms with van der Waals surface area (Å²) in [5, 5.41) is 8.05. The fraction of sp³-hybridized carbons (Fsp3) is 0.412. The predicted molar refractivity (Wildman–Crippen MR) is 96.0 cm³/mol. The van der Waals surface area contributed by atoms with Gasteiger partial charge in [-0.1, -0.05) is 12.1 Å². The van der Waals surface area contributed by atoms with Crippen molar-refractivity contribution in [3.63, 3.8) is 0 Å². The van der Waals surface area contributed by atoms with E-state index < -0.39 is 10.0 Å². The molecule has 1 aliphatic rings. The van der Waals surface area contributed by atoms with E-state index in [1.807, 2.05) is 19.0 Å². The number of sulfonamides is 1. The third-order valence-corrected chi connectivity index (χ3v) is 5.95. The van der Waals surface area contributed by atoms with Gasteiger partial charge < -0.3 is 9.64 Å². The molecule has 1 fully saturated rings. The van der Waals surface area contributed by atoms with E-state index in [2.05, 4.69) is 10.2 Å². The number of aromatic nitrogens is 2. The average molecular weight is 380 g/mol. The molecule has 0 spiro atoms. The van der Waals surface area contributed by atoms with Crippen molar-refractivity contribution in [1.82, 2.24) is 14.5 Å². The minimum atomic E-state index is -3.48. The first kappa shape index (κ1) is 18.5. The van der Waals surface area contributed by atoms with E-state index in [1.54, 1.807) is 12.1 Å². The van der Waals surface area contributed by atoms with Crippen LogP contribution in [0, 0.1) is 5.82 Å². The van der Waals surface area contributed by atoms with Crippen LogP contribution >= 0.6 is 0 Å². The van der Waals surface area contributed by atoms with Gasteiger partial charge in [-0.15, -0.1) is 10.2 Å². The summed E-state index contributed by atoms with van der Waals surface area (Å²) in [6.45, 7) is 0.651. The van der Waals surface area contributed by atoms with Gasteiger partial charge in [0.05, 0.1) is 12.3 Å². The summed E-state index contributed by atoms with van der Waals surface area (Å²) in [4.78, 5) is 1.83. The standard InChI is InChI=1S/C17H21FN4O3S/c1-21(2)16-7-8-17(20-19-16)25-15-9-10-22(11-15)26(23,24)12-13-3-5-14(18)6-4-13/h3-8,15H,9-12H2,1-2H3. The van der Waals surface area contributed by atoms with Crippen LogP contribution in [-0.4, -0.2) is 56.2 Å². The first-order valence-corrected chi connectivity index (χ1v) is 9.84. The van der Waals surface area contributed by atoms with Crippen molar-refractivity contribution < 1.29 is 17.5 Å². The monoisotopic (exact) mass is 380 g/mol. The van der Waals surface area contributed by atoms with Gasteiger partial charge >= 0.3 is 0 Å². The maximum Gasteiger partial charge on any atom is 0.233 e. The predicted octanol–water partition coefficient (Wildman–Crippen LogP) is 1.66. The van der Waals surface area contributed by atoms with Crippen molar-refractivity contribution in [3.05, 3.63) is 47.8 Å². The van der Waals surface area contributed by atoms with Crippen LogP contribution < -0.4 is 9.64 Å². The molecule has 0 amide bonds. The van der Waals surface area contributed by atoms with Crippen molar-refractivity contribution >= 4 is 15.8 Å². The molecule has 1 aromatic carbocycles. The van der Waals surface area contributed by atoms with Crippen molar-refractivity contribution in [1.29, 1.82) is 0 Å². The molecule has 0 aliphatic carbocycles. The molecule has 3 rings (SSSR count). The third-order valence-electron chi connectivity index (χ3n) is 4.14. The molecule has 9 heteroatoms. The Morgan fingerprint density at radius 2 is 1.92 bits per heavy atom. The highest BCUT2D eigenvalue weighted by Crippen LogP contribution is 2.21. The van der Waals surface area contributed by atoms with Gasteiger partial charge in [-0.25, -0.2) is 12.8 Å². The Morgan fingerprint density at radius 3 is 2.54 bits per heavy atom. The van der Waals surface area contributed by atoms with Crippen LogP contribution in [0.4, 0.5) is 10.2 Å². The number of rotatable bonds is 6. The highest BCUT2D eigenvalue weighted by molar-refractivity contribution is 7.88. The number of benzene rings is 1. The van der Waals surface area contributed by atoms with E-state index in [1.165, 1.54) is 28.6 Å². The molecule has 1 aromatic heterocycles. The Labute approximate surface area is 152 Å². The molecule has 0 bridgehead atoms. The normalized spacial score (nSPS) is 18.0. The lowest BCUT2D eigenvalue weighted by molar-refractivity contribution is 0.204. The lowest BCUT2D eigenvalue weighted by Gasteiger charge is -2.17. The van der Waals surface area contributed by atoms with Crippen molar-refractivity contribution in [2.24, 2.45) is 0 Å². The van der Waals surface area contributed by atoms with Crippen molar-refractivity contribution in [3.8, 4) is 5.88 Å². The van der Waals surface area contributed by atoms with E-state index >= 15 is 0 Å². The van der Waals surface area contributed by atoms with Crippen LogP contribution in [0.15, 0.2) is 36.4 Å². The molecule has 26 heavy (non-hydrogen) atoms. The molecular formula is C17H21FN4O3S. The fourth-order valence-corrected chi connectivity index (χ4v) is 4.29. The second-order valence-corrected chi connectivity index (χ2v) is 8.36. The maximum atomic E-state index is 13.0. The SMILES string of the molecule is CN(C)c1ccc(OC2CCN(S(=O)(=O)Cc3ccc(F)cc3)C2)nn1. The van der Waals surface area contributed by atoms with Crippen LogP contribution in [0.1, 0.15) is 12.0 Å². The summed E-state index contributed by atoms with van der Waals surface area (Å²) < 4.78 is 45.2. The summed E-state index contributed by atoms with van der Waals surface area (Å²) >= 11 is 0. The summed E-state index contributed by atoms with van der Waals surface area (Å²) in [7, 11) is 0.252. The quantitative estimate of drug-likeness (QED) is 0.759. The molecule has 7 nitrogen and oxygen atoms in total. The number of halogens is 1. The minimum Gasteiger partial charge on any atom is -0.472 e. The number of ether oxygens (including phenoxy) is 1. The highest BCUT2D eigenvalue weighted by Gasteiger charge is 2.32. The third kappa shape index (κ3) is 4.47. The second kappa shape index (κ2) is 7.55. The molecule has 1 aliphatic heterocycles. The molecule has 1 unspecified atom stereocenters. The smallest absolute Gasteiger partial charge is 0.233 e. The largest absolute Gasteiger partial charge is 0.472 e. The Bertz CT molecular complexity index is 841. The molecular weight excluding hydrogens is 359 g/mol. The van der Waals surface area contributed by atoms with Gasteiger partial charge in [0.15, 0.2) is 5.82 Å². The van der Waals surface area contributed by atoms with Crippen LogP contribution in [0.3, 0.4) is 0 Å². The van der Waals surface area contributed by atoms with Gasteiger partial charge in [-0.2, -0.15) is 4.31 Å². The summed E-state index contributed by atoms with van der Waals surface area (Å²) in [6, 6.07) is 9.00. The fourth-order valence-electron chi connectivity index (χ4n) is 2.71. The zero-order valence-corrected chi connectivity index (χ0v) is 15.5. The molecule has 0 saturated carbocycles. The zero-order chi connectivity index (χ0) is 18.7. The van der Waals surface area contributed by atoms with Crippen LogP contribution in [0.2, 0.25) is 0 Å². The van der Waals surface area contributed by atoms with Gasteiger partial charge in [0.25, 0.3) is 0 Å². The summed E-state index contributed by atoms with van der Waals surface area (Å²) in [5.74, 6) is 0.546. The lowest BCUT2D eigenvalue weighted by Crippen LogP contribution is -2.32. The van der Waals surface area contributed by atoms with Gasteiger partial charge in [0, 0.05) is 26.7 Å². The molecule has 0 radical (unpaired) electrons. The first-order valence-electron chi connectivity index (χ1n) is 8.23. The highest BCUT2D eigenvalue weighted by atomic mass is 32.2. The number of anilines is 1. The van der Waals surface area contributed by atoms with Gasteiger partial charge in [0.1, 0.15) is 11.9 Å².